The average molecular weight is 251 g/mol. The Balaban J connectivity index is 2.34. The van der Waals surface area contributed by atoms with E-state index in [1.54, 1.807) is 6.20 Å². The first-order valence-electron chi connectivity index (χ1n) is 5.65. The number of rotatable bonds is 5. The lowest BCUT2D eigenvalue weighted by atomic mass is 10.2. The molecule has 0 aliphatic heterocycles. The maximum Gasteiger partial charge on any atom is 0.315 e. The normalized spacial score (nSPS) is 11.7. The molecule has 0 aliphatic carbocycles. The van der Waals surface area contributed by atoms with Crippen LogP contribution < -0.4 is 10.6 Å². The topological polar surface area (TPSA) is 91.3 Å². The molecule has 6 heteroatoms. The van der Waals surface area contributed by atoms with Gasteiger partial charge in [0.2, 0.25) is 0 Å². The quantitative estimate of drug-likeness (QED) is 0.725. The van der Waals surface area contributed by atoms with E-state index in [1.807, 2.05) is 19.1 Å². The molecule has 0 aliphatic rings. The van der Waals surface area contributed by atoms with Crippen molar-refractivity contribution in [2.24, 2.45) is 5.92 Å². The van der Waals surface area contributed by atoms with Crippen LogP contribution in [0.4, 0.5) is 4.79 Å². The molecular weight excluding hydrogens is 234 g/mol. The number of carbonyl (C=O) groups is 2. The molecule has 2 amide bonds. The molecular formula is C12H17N3O3. The zero-order valence-electron chi connectivity index (χ0n) is 10.4. The smallest absolute Gasteiger partial charge is 0.315 e. The lowest BCUT2D eigenvalue weighted by Gasteiger charge is -2.10. The van der Waals surface area contributed by atoms with E-state index in [0.29, 0.717) is 6.54 Å². The Morgan fingerprint density at radius 3 is 2.78 bits per heavy atom. The largest absolute Gasteiger partial charge is 0.481 e. The summed E-state index contributed by atoms with van der Waals surface area (Å²) < 4.78 is 0. The lowest BCUT2D eigenvalue weighted by molar-refractivity contribution is -0.140. The van der Waals surface area contributed by atoms with E-state index in [2.05, 4.69) is 15.6 Å². The van der Waals surface area contributed by atoms with Crippen LogP contribution in [0.5, 0.6) is 0 Å². The molecule has 0 radical (unpaired) electrons. The minimum Gasteiger partial charge on any atom is -0.481 e. The molecule has 98 valence electrons. The van der Waals surface area contributed by atoms with Crippen LogP contribution in [-0.2, 0) is 11.3 Å². The van der Waals surface area contributed by atoms with Gasteiger partial charge in [-0.2, -0.15) is 0 Å². The molecule has 0 aromatic carbocycles. The van der Waals surface area contributed by atoms with Gasteiger partial charge in [-0.05, 0) is 18.6 Å². The summed E-state index contributed by atoms with van der Waals surface area (Å²) in [7, 11) is 0. The van der Waals surface area contributed by atoms with Crippen LogP contribution in [0.3, 0.4) is 0 Å². The van der Waals surface area contributed by atoms with Gasteiger partial charge in [-0.15, -0.1) is 0 Å². The molecule has 0 bridgehead atoms. The second kappa shape index (κ2) is 6.58. The van der Waals surface area contributed by atoms with Gasteiger partial charge in [0, 0.05) is 12.7 Å². The first kappa shape index (κ1) is 14.0. The van der Waals surface area contributed by atoms with Crippen LogP contribution in [0.2, 0.25) is 0 Å². The fourth-order valence-corrected chi connectivity index (χ4v) is 1.26. The van der Waals surface area contributed by atoms with E-state index in [0.717, 1.165) is 11.3 Å². The number of amides is 2. The summed E-state index contributed by atoms with van der Waals surface area (Å²) in [5, 5.41) is 13.8. The van der Waals surface area contributed by atoms with E-state index < -0.39 is 17.9 Å². The minimum atomic E-state index is -0.934. The summed E-state index contributed by atoms with van der Waals surface area (Å²) >= 11 is 0. The summed E-state index contributed by atoms with van der Waals surface area (Å²) in [6.45, 7) is 3.86. The van der Waals surface area contributed by atoms with E-state index in [9.17, 15) is 9.59 Å². The van der Waals surface area contributed by atoms with Crippen LogP contribution in [0.1, 0.15) is 18.2 Å². The monoisotopic (exact) mass is 251 g/mol. The van der Waals surface area contributed by atoms with Crippen molar-refractivity contribution in [3.05, 3.63) is 29.6 Å². The number of hydrogen-bond donors (Lipinski definition) is 3. The standard InChI is InChI=1S/C12H17N3O3/c1-8-4-3-5-13-10(8)7-15-12(18)14-6-9(2)11(16)17/h3-5,9H,6-7H2,1-2H3,(H,16,17)(H2,14,15,18). The number of carboxylic acid groups (broad SMARTS) is 1. The van der Waals surface area contributed by atoms with Crippen molar-refractivity contribution in [2.45, 2.75) is 20.4 Å². The van der Waals surface area contributed by atoms with Crippen molar-refractivity contribution in [1.29, 1.82) is 0 Å². The Morgan fingerprint density at radius 2 is 2.17 bits per heavy atom. The molecule has 1 heterocycles. The molecule has 1 rings (SSSR count). The lowest BCUT2D eigenvalue weighted by Crippen LogP contribution is -2.39. The number of carbonyl (C=O) groups excluding carboxylic acids is 1. The van der Waals surface area contributed by atoms with Crippen molar-refractivity contribution < 1.29 is 14.7 Å². The Hall–Kier alpha value is -2.11. The van der Waals surface area contributed by atoms with Crippen LogP contribution >= 0.6 is 0 Å². The molecule has 1 atom stereocenters. The predicted molar refractivity (Wildman–Crippen MR) is 66.0 cm³/mol. The minimum absolute atomic E-state index is 0.0996. The van der Waals surface area contributed by atoms with Gasteiger partial charge in [-0.1, -0.05) is 13.0 Å². The highest BCUT2D eigenvalue weighted by Crippen LogP contribution is 2.01. The second-order valence-electron chi connectivity index (χ2n) is 4.07. The first-order chi connectivity index (χ1) is 8.50. The molecule has 18 heavy (non-hydrogen) atoms. The summed E-state index contributed by atoms with van der Waals surface area (Å²) in [5.41, 5.74) is 1.79. The number of urea groups is 1. The highest BCUT2D eigenvalue weighted by Gasteiger charge is 2.11. The summed E-state index contributed by atoms with van der Waals surface area (Å²) in [6, 6.07) is 3.34. The van der Waals surface area contributed by atoms with Gasteiger partial charge < -0.3 is 15.7 Å². The van der Waals surface area contributed by atoms with E-state index in [1.165, 1.54) is 6.92 Å². The van der Waals surface area contributed by atoms with Gasteiger partial charge in [-0.3, -0.25) is 9.78 Å². The summed E-state index contributed by atoms with van der Waals surface area (Å²) in [6.07, 6.45) is 1.66. The number of hydrogen-bond acceptors (Lipinski definition) is 3. The van der Waals surface area contributed by atoms with Crippen molar-refractivity contribution in [3.63, 3.8) is 0 Å². The van der Waals surface area contributed by atoms with Crippen molar-refractivity contribution >= 4 is 12.0 Å². The Morgan fingerprint density at radius 1 is 1.44 bits per heavy atom. The van der Waals surface area contributed by atoms with Gasteiger partial charge >= 0.3 is 12.0 Å². The molecule has 0 saturated heterocycles. The highest BCUT2D eigenvalue weighted by atomic mass is 16.4. The van der Waals surface area contributed by atoms with Crippen molar-refractivity contribution in [2.75, 3.05) is 6.54 Å². The summed E-state index contributed by atoms with van der Waals surface area (Å²) in [5.74, 6) is -1.54. The van der Waals surface area contributed by atoms with E-state index in [4.69, 9.17) is 5.11 Å². The van der Waals surface area contributed by atoms with Gasteiger partial charge in [0.1, 0.15) is 0 Å². The van der Waals surface area contributed by atoms with E-state index >= 15 is 0 Å². The molecule has 6 nitrogen and oxygen atoms in total. The zero-order valence-corrected chi connectivity index (χ0v) is 10.4. The predicted octanol–water partition coefficient (Wildman–Crippen LogP) is 0.910. The third-order valence-corrected chi connectivity index (χ3v) is 2.52. The molecule has 0 saturated carbocycles. The van der Waals surface area contributed by atoms with E-state index in [-0.39, 0.29) is 6.54 Å². The Labute approximate surface area is 105 Å². The van der Waals surface area contributed by atoms with Gasteiger partial charge in [0.05, 0.1) is 18.2 Å². The molecule has 1 unspecified atom stereocenters. The van der Waals surface area contributed by atoms with Crippen molar-refractivity contribution in [3.8, 4) is 0 Å². The fraction of sp³-hybridized carbons (Fsp3) is 0.417. The molecule has 1 aromatic heterocycles. The van der Waals surface area contributed by atoms with Gasteiger partial charge in [0.15, 0.2) is 0 Å². The number of aromatic nitrogens is 1. The first-order valence-corrected chi connectivity index (χ1v) is 5.65. The number of aliphatic carboxylic acids is 1. The Kier molecular flexibility index (Phi) is 5.10. The van der Waals surface area contributed by atoms with Crippen LogP contribution in [0.15, 0.2) is 18.3 Å². The maximum atomic E-state index is 11.4. The van der Waals surface area contributed by atoms with Crippen LogP contribution in [0.25, 0.3) is 0 Å². The number of pyridine rings is 1. The summed E-state index contributed by atoms with van der Waals surface area (Å²) in [4.78, 5) is 26.1. The number of nitrogens with one attached hydrogen (secondary N) is 2. The van der Waals surface area contributed by atoms with Crippen LogP contribution in [-0.4, -0.2) is 28.6 Å². The van der Waals surface area contributed by atoms with Crippen molar-refractivity contribution in [1.82, 2.24) is 15.6 Å². The highest BCUT2D eigenvalue weighted by molar-refractivity contribution is 5.75. The molecule has 0 fully saturated rings. The fourth-order valence-electron chi connectivity index (χ4n) is 1.26. The van der Waals surface area contributed by atoms with Gasteiger partial charge in [0.25, 0.3) is 0 Å². The maximum absolute atomic E-state index is 11.4. The third-order valence-electron chi connectivity index (χ3n) is 2.52. The number of aryl methyl sites for hydroxylation is 1. The molecule has 0 spiro atoms. The third kappa shape index (κ3) is 4.40. The average Bonchev–Trinajstić information content (AvgIpc) is 2.34. The zero-order chi connectivity index (χ0) is 13.5. The van der Waals surface area contributed by atoms with Gasteiger partial charge in [-0.25, -0.2) is 4.79 Å². The number of nitrogens with zero attached hydrogens (tertiary/aromatic N) is 1. The Bertz CT molecular complexity index is 434. The van der Waals surface area contributed by atoms with Crippen LogP contribution in [0, 0.1) is 12.8 Å². The second-order valence-corrected chi connectivity index (χ2v) is 4.07. The molecule has 1 aromatic rings. The number of carboxylic acids is 1. The SMILES string of the molecule is Cc1cccnc1CNC(=O)NCC(C)C(=O)O. The molecule has 3 N–H and O–H groups in total.